The number of benzene rings is 1. The minimum Gasteiger partial charge on any atom is -0.444 e. The van der Waals surface area contributed by atoms with Crippen LogP contribution >= 0.6 is 0 Å². The van der Waals surface area contributed by atoms with Crippen molar-refractivity contribution in [3.63, 3.8) is 0 Å². The minimum absolute atomic E-state index is 0.142. The molecule has 1 saturated carbocycles. The van der Waals surface area contributed by atoms with Crippen molar-refractivity contribution in [2.24, 2.45) is 0 Å². The number of nitrogens with one attached hydrogen (secondary N) is 3. The fourth-order valence-corrected chi connectivity index (χ4v) is 4.08. The molecule has 0 bridgehead atoms. The normalized spacial score (nSPS) is 17.0. The molecule has 1 atom stereocenters. The zero-order valence-corrected chi connectivity index (χ0v) is 18.4. The lowest BCUT2D eigenvalue weighted by Crippen LogP contribution is -2.51. The average molecular weight is 414 g/mol. The molecule has 1 aromatic carbocycles. The van der Waals surface area contributed by atoms with E-state index in [0.717, 1.165) is 42.1 Å². The number of alkyl carbamates (subject to hydrolysis) is 1. The molecule has 1 aliphatic rings. The Morgan fingerprint density at radius 1 is 1.10 bits per heavy atom. The predicted molar refractivity (Wildman–Crippen MR) is 119 cm³/mol. The second-order valence-electron chi connectivity index (χ2n) is 9.31. The van der Waals surface area contributed by atoms with Crippen LogP contribution in [0.15, 0.2) is 30.5 Å². The quantitative estimate of drug-likeness (QED) is 0.656. The van der Waals surface area contributed by atoms with Crippen LogP contribution in [0.3, 0.4) is 0 Å². The van der Waals surface area contributed by atoms with Crippen LogP contribution in [0.4, 0.5) is 4.79 Å². The molecule has 2 amide bonds. The zero-order valence-electron chi connectivity index (χ0n) is 18.4. The molecule has 164 valence electrons. The number of carbonyl (C=O) groups excluding carboxylic acids is 2. The molecule has 3 N–H and O–H groups in total. The highest BCUT2D eigenvalue weighted by atomic mass is 16.6. The molecule has 1 aromatic heterocycles. The summed E-state index contributed by atoms with van der Waals surface area (Å²) in [6.07, 6.45) is 9.75. The van der Waals surface area contributed by atoms with Gasteiger partial charge in [0.1, 0.15) is 11.6 Å². The second kappa shape index (κ2) is 10.0. The van der Waals surface area contributed by atoms with Crippen LogP contribution in [0.5, 0.6) is 0 Å². The molecule has 0 saturated heterocycles. The van der Waals surface area contributed by atoms with Crippen LogP contribution in [0.1, 0.15) is 71.3 Å². The Labute approximate surface area is 179 Å². The van der Waals surface area contributed by atoms with E-state index in [0.29, 0.717) is 6.42 Å². The first-order chi connectivity index (χ1) is 14.3. The van der Waals surface area contributed by atoms with E-state index in [2.05, 4.69) is 15.6 Å². The third kappa shape index (κ3) is 6.51. The van der Waals surface area contributed by atoms with Gasteiger partial charge in [0.05, 0.1) is 0 Å². The van der Waals surface area contributed by atoms with Crippen molar-refractivity contribution in [1.82, 2.24) is 15.6 Å². The van der Waals surface area contributed by atoms with E-state index < -0.39 is 17.7 Å². The summed E-state index contributed by atoms with van der Waals surface area (Å²) in [6.45, 7) is 5.45. The summed E-state index contributed by atoms with van der Waals surface area (Å²) < 4.78 is 5.41. The van der Waals surface area contributed by atoms with Crippen molar-refractivity contribution in [2.75, 3.05) is 0 Å². The van der Waals surface area contributed by atoms with Gasteiger partial charge in [-0.15, -0.1) is 0 Å². The standard InChI is InChI=1S/C24H35N3O3/c1-24(2,3)30-23(29)27-21(15-17-16-25-20-14-10-9-13-19(17)20)22(28)26-18-11-7-5-4-6-8-12-18/h9-10,13-14,16,18,21,25H,4-8,11-12,15H2,1-3H3,(H,26,28)(H,27,29)/t21-/m0/s1. The van der Waals surface area contributed by atoms with Gasteiger partial charge in [-0.3, -0.25) is 4.79 Å². The van der Waals surface area contributed by atoms with E-state index in [-0.39, 0.29) is 11.9 Å². The average Bonchev–Trinajstić information content (AvgIpc) is 3.05. The first-order valence-corrected chi connectivity index (χ1v) is 11.2. The SMILES string of the molecule is CC(C)(C)OC(=O)N[C@@H](Cc1c[nH]c2ccccc12)C(=O)NC1CCCCCCC1. The Hall–Kier alpha value is -2.50. The maximum atomic E-state index is 13.2. The summed E-state index contributed by atoms with van der Waals surface area (Å²) in [5.41, 5.74) is 1.40. The summed E-state index contributed by atoms with van der Waals surface area (Å²) in [7, 11) is 0. The fourth-order valence-electron chi connectivity index (χ4n) is 4.08. The lowest BCUT2D eigenvalue weighted by molar-refractivity contribution is -0.124. The summed E-state index contributed by atoms with van der Waals surface area (Å²) >= 11 is 0. The van der Waals surface area contributed by atoms with Crippen LogP contribution in [0.2, 0.25) is 0 Å². The van der Waals surface area contributed by atoms with Crippen LogP contribution in [0.25, 0.3) is 10.9 Å². The van der Waals surface area contributed by atoms with Crippen molar-refractivity contribution in [3.05, 3.63) is 36.0 Å². The van der Waals surface area contributed by atoms with Gasteiger partial charge >= 0.3 is 6.09 Å². The van der Waals surface area contributed by atoms with E-state index >= 15 is 0 Å². The number of amides is 2. The van der Waals surface area contributed by atoms with Gasteiger partial charge in [0, 0.05) is 29.6 Å². The van der Waals surface area contributed by atoms with Gasteiger partial charge in [0.2, 0.25) is 5.91 Å². The van der Waals surface area contributed by atoms with Crippen molar-refractivity contribution in [1.29, 1.82) is 0 Å². The van der Waals surface area contributed by atoms with Crippen molar-refractivity contribution in [2.45, 2.75) is 89.8 Å². The van der Waals surface area contributed by atoms with Gasteiger partial charge < -0.3 is 20.4 Å². The number of carbonyl (C=O) groups is 2. The van der Waals surface area contributed by atoms with Crippen LogP contribution in [-0.4, -0.2) is 34.7 Å². The fraction of sp³-hybridized carbons (Fsp3) is 0.583. The number of aromatic nitrogens is 1. The topological polar surface area (TPSA) is 83.2 Å². The van der Waals surface area contributed by atoms with Gasteiger partial charge in [-0.2, -0.15) is 0 Å². The highest BCUT2D eigenvalue weighted by molar-refractivity contribution is 5.88. The first kappa shape index (κ1) is 22.2. The summed E-state index contributed by atoms with van der Waals surface area (Å²) in [5.74, 6) is -0.142. The number of hydrogen-bond acceptors (Lipinski definition) is 3. The third-order valence-electron chi connectivity index (χ3n) is 5.56. The molecule has 3 rings (SSSR count). The molecule has 6 nitrogen and oxygen atoms in total. The van der Waals surface area contributed by atoms with Gasteiger partial charge in [-0.1, -0.05) is 50.3 Å². The van der Waals surface area contributed by atoms with E-state index in [9.17, 15) is 9.59 Å². The lowest BCUT2D eigenvalue weighted by Gasteiger charge is -2.26. The van der Waals surface area contributed by atoms with Crippen molar-refractivity contribution >= 4 is 22.9 Å². The number of fused-ring (bicyclic) bond motifs is 1. The molecule has 0 aliphatic heterocycles. The Morgan fingerprint density at radius 2 is 1.77 bits per heavy atom. The third-order valence-corrected chi connectivity index (χ3v) is 5.56. The molecule has 0 radical (unpaired) electrons. The Kier molecular flexibility index (Phi) is 7.40. The maximum absolute atomic E-state index is 13.2. The molecule has 6 heteroatoms. The Morgan fingerprint density at radius 3 is 2.47 bits per heavy atom. The summed E-state index contributed by atoms with van der Waals surface area (Å²) in [6, 6.07) is 7.46. The minimum atomic E-state index is -0.690. The number of hydrogen-bond donors (Lipinski definition) is 3. The van der Waals surface area contributed by atoms with Crippen LogP contribution in [-0.2, 0) is 16.0 Å². The molecule has 30 heavy (non-hydrogen) atoms. The monoisotopic (exact) mass is 413 g/mol. The van der Waals surface area contributed by atoms with E-state index in [1.165, 1.54) is 19.3 Å². The van der Waals surface area contributed by atoms with Gasteiger partial charge in [0.15, 0.2) is 0 Å². The number of para-hydroxylation sites is 1. The number of ether oxygens (including phenoxy) is 1. The van der Waals surface area contributed by atoms with Gasteiger partial charge in [-0.25, -0.2) is 4.79 Å². The van der Waals surface area contributed by atoms with Crippen molar-refractivity contribution < 1.29 is 14.3 Å². The molecule has 1 fully saturated rings. The smallest absolute Gasteiger partial charge is 0.408 e. The zero-order chi connectivity index (χ0) is 21.6. The summed E-state index contributed by atoms with van der Waals surface area (Å²) in [4.78, 5) is 28.9. The van der Waals surface area contributed by atoms with Crippen LogP contribution < -0.4 is 10.6 Å². The largest absolute Gasteiger partial charge is 0.444 e. The molecule has 2 aromatic rings. The highest BCUT2D eigenvalue weighted by Gasteiger charge is 2.27. The van der Waals surface area contributed by atoms with E-state index in [1.807, 2.05) is 51.2 Å². The highest BCUT2D eigenvalue weighted by Crippen LogP contribution is 2.21. The number of H-pyrrole nitrogens is 1. The second-order valence-corrected chi connectivity index (χ2v) is 9.31. The Balaban J connectivity index is 1.73. The van der Waals surface area contributed by atoms with Gasteiger partial charge in [-0.05, 0) is 45.2 Å². The lowest BCUT2D eigenvalue weighted by atomic mass is 9.96. The van der Waals surface area contributed by atoms with E-state index in [4.69, 9.17) is 4.74 Å². The predicted octanol–water partition coefficient (Wildman–Crippen LogP) is 4.83. The van der Waals surface area contributed by atoms with Crippen molar-refractivity contribution in [3.8, 4) is 0 Å². The number of rotatable bonds is 5. The molecular formula is C24H35N3O3. The van der Waals surface area contributed by atoms with E-state index in [1.54, 1.807) is 0 Å². The summed E-state index contributed by atoms with van der Waals surface area (Å²) in [5, 5.41) is 7.07. The maximum Gasteiger partial charge on any atom is 0.408 e. The number of aromatic amines is 1. The molecule has 1 heterocycles. The van der Waals surface area contributed by atoms with Gasteiger partial charge in [0.25, 0.3) is 0 Å². The molecule has 0 unspecified atom stereocenters. The molecular weight excluding hydrogens is 378 g/mol. The molecule has 0 spiro atoms. The molecule has 1 aliphatic carbocycles. The first-order valence-electron chi connectivity index (χ1n) is 11.2. The Bertz CT molecular complexity index is 845. The van der Waals surface area contributed by atoms with Crippen LogP contribution in [0, 0.1) is 0 Å².